The summed E-state index contributed by atoms with van der Waals surface area (Å²) in [5, 5.41) is 0. The normalized spacial score (nSPS) is 13.2. The first-order chi connectivity index (χ1) is 7.81. The molecule has 0 aliphatic heterocycles. The number of nitrogens with two attached hydrogens (primary N) is 1. The van der Waals surface area contributed by atoms with Crippen LogP contribution in [0.3, 0.4) is 0 Å². The van der Waals surface area contributed by atoms with Gasteiger partial charge in [0.2, 0.25) is 5.91 Å². The van der Waals surface area contributed by atoms with Crippen molar-refractivity contribution in [1.82, 2.24) is 4.90 Å². The third-order valence-electron chi connectivity index (χ3n) is 2.20. The Balaban J connectivity index is 4.54. The van der Waals surface area contributed by atoms with Crippen LogP contribution in [0.5, 0.6) is 0 Å². The Morgan fingerprint density at radius 2 is 2.12 bits per heavy atom. The fraction of sp³-hybridized carbons (Fsp3) is 0.727. The summed E-state index contributed by atoms with van der Waals surface area (Å²) in [7, 11) is 0. The molecule has 1 amide bonds. The van der Waals surface area contributed by atoms with E-state index in [1.54, 1.807) is 0 Å². The molecule has 0 aromatic rings. The molecule has 17 heavy (non-hydrogen) atoms. The SMILES string of the molecule is C=CCC(N)C(=O)N(CCCC)CC(F)(F)F. The van der Waals surface area contributed by atoms with Crippen LogP contribution in [0.15, 0.2) is 12.7 Å². The van der Waals surface area contributed by atoms with E-state index in [0.717, 1.165) is 11.3 Å². The lowest BCUT2D eigenvalue weighted by atomic mass is 10.2. The van der Waals surface area contributed by atoms with Gasteiger partial charge in [-0.1, -0.05) is 19.4 Å². The summed E-state index contributed by atoms with van der Waals surface area (Å²) in [6.45, 7) is 4.10. The Morgan fingerprint density at radius 3 is 2.53 bits per heavy atom. The second kappa shape index (κ2) is 7.32. The van der Waals surface area contributed by atoms with Gasteiger partial charge in [-0.15, -0.1) is 6.58 Å². The van der Waals surface area contributed by atoms with E-state index in [0.29, 0.717) is 6.42 Å². The Kier molecular flexibility index (Phi) is 6.87. The molecule has 3 nitrogen and oxygen atoms in total. The van der Waals surface area contributed by atoms with Crippen molar-refractivity contribution in [3.8, 4) is 0 Å². The minimum absolute atomic E-state index is 0.0830. The first-order valence-electron chi connectivity index (χ1n) is 5.53. The first kappa shape index (κ1) is 16.0. The van der Waals surface area contributed by atoms with Crippen LogP contribution in [-0.4, -0.2) is 36.1 Å². The van der Waals surface area contributed by atoms with Gasteiger partial charge in [0.1, 0.15) is 6.54 Å². The van der Waals surface area contributed by atoms with Crippen molar-refractivity contribution in [2.45, 2.75) is 38.4 Å². The number of halogens is 3. The van der Waals surface area contributed by atoms with E-state index >= 15 is 0 Å². The van der Waals surface area contributed by atoms with E-state index in [1.165, 1.54) is 6.08 Å². The molecule has 100 valence electrons. The number of unbranched alkanes of at least 4 members (excludes halogenated alkanes) is 1. The van der Waals surface area contributed by atoms with Crippen LogP contribution in [-0.2, 0) is 4.79 Å². The monoisotopic (exact) mass is 252 g/mol. The molecule has 1 atom stereocenters. The largest absolute Gasteiger partial charge is 0.406 e. The van der Waals surface area contributed by atoms with Crippen LogP contribution in [0.2, 0.25) is 0 Å². The summed E-state index contributed by atoms with van der Waals surface area (Å²) in [6.07, 6.45) is -1.54. The van der Waals surface area contributed by atoms with Crippen LogP contribution in [0.1, 0.15) is 26.2 Å². The summed E-state index contributed by atoms with van der Waals surface area (Å²) < 4.78 is 36.9. The fourth-order valence-electron chi connectivity index (χ4n) is 1.35. The molecule has 0 fully saturated rings. The molecule has 0 heterocycles. The van der Waals surface area contributed by atoms with E-state index in [4.69, 9.17) is 5.73 Å². The van der Waals surface area contributed by atoms with Crippen molar-refractivity contribution in [1.29, 1.82) is 0 Å². The van der Waals surface area contributed by atoms with Gasteiger partial charge in [-0.3, -0.25) is 4.79 Å². The smallest absolute Gasteiger partial charge is 0.332 e. The van der Waals surface area contributed by atoms with E-state index in [9.17, 15) is 18.0 Å². The van der Waals surface area contributed by atoms with Gasteiger partial charge in [0.05, 0.1) is 6.04 Å². The summed E-state index contributed by atoms with van der Waals surface area (Å²) in [5.74, 6) is -0.671. The van der Waals surface area contributed by atoms with Crippen LogP contribution in [0.25, 0.3) is 0 Å². The predicted octanol–water partition coefficient (Wildman–Crippen LogP) is 2.08. The zero-order valence-corrected chi connectivity index (χ0v) is 9.96. The van der Waals surface area contributed by atoms with Crippen molar-refractivity contribution in [3.63, 3.8) is 0 Å². The quantitative estimate of drug-likeness (QED) is 0.705. The second-order valence-electron chi connectivity index (χ2n) is 3.86. The molecule has 0 aliphatic carbocycles. The number of nitrogens with zero attached hydrogens (tertiary/aromatic N) is 1. The molecule has 0 saturated carbocycles. The number of carbonyl (C=O) groups is 1. The number of rotatable bonds is 7. The number of hydrogen-bond acceptors (Lipinski definition) is 2. The average Bonchev–Trinajstić information content (AvgIpc) is 2.22. The standard InChI is InChI=1S/C11H19F3N2O/c1-3-5-7-16(8-11(12,13)14)10(17)9(15)6-4-2/h4,9H,2-3,5-8,15H2,1H3. The minimum atomic E-state index is -4.39. The predicted molar refractivity (Wildman–Crippen MR) is 60.3 cm³/mol. The van der Waals surface area contributed by atoms with Gasteiger partial charge in [0, 0.05) is 6.54 Å². The van der Waals surface area contributed by atoms with Gasteiger partial charge >= 0.3 is 6.18 Å². The number of alkyl halides is 3. The topological polar surface area (TPSA) is 46.3 Å². The fourth-order valence-corrected chi connectivity index (χ4v) is 1.35. The number of amides is 1. The molecule has 0 saturated heterocycles. The molecule has 0 bridgehead atoms. The van der Waals surface area contributed by atoms with Crippen LogP contribution < -0.4 is 5.73 Å². The zero-order chi connectivity index (χ0) is 13.5. The highest BCUT2D eigenvalue weighted by atomic mass is 19.4. The molecule has 6 heteroatoms. The third kappa shape index (κ3) is 6.99. The van der Waals surface area contributed by atoms with Gasteiger partial charge in [-0.05, 0) is 12.8 Å². The van der Waals surface area contributed by atoms with Gasteiger partial charge in [-0.25, -0.2) is 0 Å². The van der Waals surface area contributed by atoms with Crippen molar-refractivity contribution in [2.24, 2.45) is 5.73 Å². The second-order valence-corrected chi connectivity index (χ2v) is 3.86. The Hall–Kier alpha value is -1.04. The van der Waals surface area contributed by atoms with Gasteiger partial charge < -0.3 is 10.6 Å². The number of carbonyl (C=O) groups excluding carboxylic acids is 1. The lowest BCUT2D eigenvalue weighted by molar-refractivity contribution is -0.162. The Bertz CT molecular complexity index is 254. The Morgan fingerprint density at radius 1 is 1.53 bits per heavy atom. The summed E-state index contributed by atoms with van der Waals surface area (Å²) in [4.78, 5) is 12.4. The Labute approximate surface area is 99.5 Å². The number of hydrogen-bond donors (Lipinski definition) is 1. The summed E-state index contributed by atoms with van der Waals surface area (Å²) in [5.41, 5.74) is 5.49. The van der Waals surface area contributed by atoms with Crippen molar-refractivity contribution in [2.75, 3.05) is 13.1 Å². The average molecular weight is 252 g/mol. The molecule has 0 rings (SSSR count). The van der Waals surface area contributed by atoms with Crippen LogP contribution in [0.4, 0.5) is 13.2 Å². The zero-order valence-electron chi connectivity index (χ0n) is 9.96. The maximum Gasteiger partial charge on any atom is 0.406 e. The lowest BCUT2D eigenvalue weighted by Gasteiger charge is -2.26. The molecule has 1 unspecified atom stereocenters. The highest BCUT2D eigenvalue weighted by molar-refractivity contribution is 5.81. The molecule has 0 spiro atoms. The minimum Gasteiger partial charge on any atom is -0.332 e. The van der Waals surface area contributed by atoms with E-state index in [-0.39, 0.29) is 13.0 Å². The molecule has 0 aromatic heterocycles. The van der Waals surface area contributed by atoms with Crippen LogP contribution >= 0.6 is 0 Å². The first-order valence-corrected chi connectivity index (χ1v) is 5.53. The van der Waals surface area contributed by atoms with Crippen molar-refractivity contribution in [3.05, 3.63) is 12.7 Å². The molecule has 2 N–H and O–H groups in total. The third-order valence-corrected chi connectivity index (χ3v) is 2.20. The highest BCUT2D eigenvalue weighted by Crippen LogP contribution is 2.17. The summed E-state index contributed by atoms with van der Waals surface area (Å²) in [6, 6.07) is -0.938. The summed E-state index contributed by atoms with van der Waals surface area (Å²) >= 11 is 0. The molecule has 0 radical (unpaired) electrons. The highest BCUT2D eigenvalue weighted by Gasteiger charge is 2.33. The molecular weight excluding hydrogens is 233 g/mol. The maximum absolute atomic E-state index is 12.3. The van der Waals surface area contributed by atoms with Gasteiger partial charge in [0.25, 0.3) is 0 Å². The van der Waals surface area contributed by atoms with Crippen molar-refractivity contribution >= 4 is 5.91 Å². The van der Waals surface area contributed by atoms with Gasteiger partial charge in [-0.2, -0.15) is 13.2 Å². The lowest BCUT2D eigenvalue weighted by Crippen LogP contribution is -2.47. The van der Waals surface area contributed by atoms with E-state index in [1.807, 2.05) is 6.92 Å². The molecule has 0 aromatic carbocycles. The van der Waals surface area contributed by atoms with E-state index in [2.05, 4.69) is 6.58 Å². The molecule has 0 aliphatic rings. The van der Waals surface area contributed by atoms with Crippen LogP contribution in [0, 0.1) is 0 Å². The maximum atomic E-state index is 12.3. The van der Waals surface area contributed by atoms with Gasteiger partial charge in [0.15, 0.2) is 0 Å². The molecular formula is C11H19F3N2O. The van der Waals surface area contributed by atoms with E-state index < -0.39 is 24.7 Å². The van der Waals surface area contributed by atoms with Crippen molar-refractivity contribution < 1.29 is 18.0 Å².